The zero-order chi connectivity index (χ0) is 22.2. The van der Waals surface area contributed by atoms with E-state index in [2.05, 4.69) is 21.2 Å². The number of halogens is 2. The Balaban J connectivity index is 1.63. The Hall–Kier alpha value is -2.61. The zero-order valence-electron chi connectivity index (χ0n) is 17.5. The molecule has 0 radical (unpaired) electrons. The molecule has 1 N–H and O–H groups in total. The average molecular weight is 493 g/mol. The molecule has 0 aromatic heterocycles. The van der Waals surface area contributed by atoms with Crippen LogP contribution in [-0.2, 0) is 11.3 Å². The molecule has 0 bridgehead atoms. The predicted octanol–water partition coefficient (Wildman–Crippen LogP) is 4.31. The number of hydrogen-bond donors (Lipinski definition) is 1. The van der Waals surface area contributed by atoms with E-state index in [0.29, 0.717) is 33.7 Å². The van der Waals surface area contributed by atoms with Crippen LogP contribution in [0.15, 0.2) is 40.9 Å². The minimum Gasteiger partial charge on any atom is -0.490 e. The van der Waals surface area contributed by atoms with Crippen molar-refractivity contribution in [1.29, 1.82) is 0 Å². The number of hydrogen-bond acceptors (Lipinski definition) is 4. The molecular weight excluding hydrogens is 467 g/mol. The summed E-state index contributed by atoms with van der Waals surface area (Å²) in [5.74, 6) is 0.0644. The summed E-state index contributed by atoms with van der Waals surface area (Å²) in [5, 5.41) is 2.77. The van der Waals surface area contributed by atoms with Crippen molar-refractivity contribution in [3.63, 3.8) is 0 Å². The van der Waals surface area contributed by atoms with Crippen LogP contribution in [0.5, 0.6) is 11.5 Å². The number of nitrogens with zero attached hydrogens (tertiary/aromatic N) is 1. The maximum absolute atomic E-state index is 13.4. The van der Waals surface area contributed by atoms with Gasteiger partial charge in [-0.3, -0.25) is 9.59 Å². The third-order valence-corrected chi connectivity index (χ3v) is 5.79. The summed E-state index contributed by atoms with van der Waals surface area (Å²) in [6.45, 7) is 3.85. The van der Waals surface area contributed by atoms with Gasteiger partial charge in [-0.05, 0) is 68.1 Å². The molecule has 0 unspecified atom stereocenters. The Bertz CT molecular complexity index is 932. The third-order valence-electron chi connectivity index (χ3n) is 5.01. The van der Waals surface area contributed by atoms with E-state index in [0.717, 1.165) is 32.4 Å². The van der Waals surface area contributed by atoms with E-state index in [-0.39, 0.29) is 30.8 Å². The number of benzene rings is 2. The smallest absolute Gasteiger partial charge is 0.260 e. The second-order valence-electron chi connectivity index (χ2n) is 7.24. The number of likely N-dealkylation sites (tertiary alicyclic amines) is 1. The fourth-order valence-corrected chi connectivity index (χ4v) is 3.75. The first kappa shape index (κ1) is 23.1. The largest absolute Gasteiger partial charge is 0.490 e. The lowest BCUT2D eigenvalue weighted by Crippen LogP contribution is -2.38. The Kier molecular flexibility index (Phi) is 8.28. The Morgan fingerprint density at radius 1 is 1.06 bits per heavy atom. The van der Waals surface area contributed by atoms with E-state index < -0.39 is 0 Å². The van der Waals surface area contributed by atoms with Gasteiger partial charge < -0.3 is 19.7 Å². The summed E-state index contributed by atoms with van der Waals surface area (Å²) in [6.07, 6.45) is 3.19. The van der Waals surface area contributed by atoms with Crippen LogP contribution in [0.2, 0.25) is 0 Å². The molecule has 0 atom stereocenters. The molecular formula is C23H26BrFN2O4. The number of nitrogens with one attached hydrogen (secondary N) is 1. The van der Waals surface area contributed by atoms with Crippen molar-refractivity contribution in [2.45, 2.75) is 32.7 Å². The van der Waals surface area contributed by atoms with E-state index in [1.807, 2.05) is 11.8 Å². The number of ether oxygens (including phenoxy) is 2. The fraction of sp³-hybridized carbons (Fsp3) is 0.391. The lowest BCUT2D eigenvalue weighted by molar-refractivity contribution is -0.134. The molecule has 1 aliphatic rings. The van der Waals surface area contributed by atoms with Gasteiger partial charge in [0.15, 0.2) is 18.1 Å². The molecule has 0 spiro atoms. The summed E-state index contributed by atoms with van der Waals surface area (Å²) in [7, 11) is 0. The highest BCUT2D eigenvalue weighted by molar-refractivity contribution is 9.10. The molecule has 8 heteroatoms. The summed E-state index contributed by atoms with van der Waals surface area (Å²) >= 11 is 3.35. The van der Waals surface area contributed by atoms with E-state index in [1.54, 1.807) is 24.3 Å². The molecule has 1 aliphatic heterocycles. The van der Waals surface area contributed by atoms with Crippen LogP contribution in [0.3, 0.4) is 0 Å². The maximum Gasteiger partial charge on any atom is 0.260 e. The average Bonchev–Trinajstić information content (AvgIpc) is 2.79. The van der Waals surface area contributed by atoms with Crippen molar-refractivity contribution in [2.75, 3.05) is 26.3 Å². The fourth-order valence-electron chi connectivity index (χ4n) is 3.37. The molecule has 1 fully saturated rings. The summed E-state index contributed by atoms with van der Waals surface area (Å²) in [5.41, 5.74) is 1.01. The minimum absolute atomic E-state index is 0.0513. The minimum atomic E-state index is -0.369. The molecule has 0 aliphatic carbocycles. The zero-order valence-corrected chi connectivity index (χ0v) is 19.0. The van der Waals surface area contributed by atoms with Crippen molar-refractivity contribution in [2.24, 2.45) is 0 Å². The van der Waals surface area contributed by atoms with E-state index in [4.69, 9.17) is 9.47 Å². The van der Waals surface area contributed by atoms with Gasteiger partial charge in [0.25, 0.3) is 11.8 Å². The Labute approximate surface area is 189 Å². The second-order valence-corrected chi connectivity index (χ2v) is 8.10. The SMILES string of the molecule is CCOc1cc(C(=O)NCc2cc(F)ccc2Br)ccc1OCC(=O)N1CCCCC1. The summed E-state index contributed by atoms with van der Waals surface area (Å²) in [6, 6.07) is 9.13. The molecule has 31 heavy (non-hydrogen) atoms. The van der Waals surface area contributed by atoms with Gasteiger partial charge in [0.1, 0.15) is 5.82 Å². The third kappa shape index (κ3) is 6.43. The number of rotatable bonds is 8. The van der Waals surface area contributed by atoms with Gasteiger partial charge in [-0.2, -0.15) is 0 Å². The number of piperidine rings is 1. The Morgan fingerprint density at radius 3 is 2.58 bits per heavy atom. The normalized spacial score (nSPS) is 13.6. The van der Waals surface area contributed by atoms with Gasteiger partial charge in [-0.25, -0.2) is 4.39 Å². The highest BCUT2D eigenvalue weighted by Gasteiger charge is 2.18. The van der Waals surface area contributed by atoms with Crippen molar-refractivity contribution in [3.05, 3.63) is 57.8 Å². The van der Waals surface area contributed by atoms with Crippen molar-refractivity contribution in [1.82, 2.24) is 10.2 Å². The first-order chi connectivity index (χ1) is 15.0. The van der Waals surface area contributed by atoms with Crippen molar-refractivity contribution >= 4 is 27.7 Å². The highest BCUT2D eigenvalue weighted by Crippen LogP contribution is 2.29. The van der Waals surface area contributed by atoms with Crippen LogP contribution < -0.4 is 14.8 Å². The number of amides is 2. The highest BCUT2D eigenvalue weighted by atomic mass is 79.9. The van der Waals surface area contributed by atoms with E-state index in [9.17, 15) is 14.0 Å². The van der Waals surface area contributed by atoms with Crippen LogP contribution in [-0.4, -0.2) is 43.0 Å². The van der Waals surface area contributed by atoms with Gasteiger partial charge in [0, 0.05) is 29.7 Å². The second kappa shape index (κ2) is 11.1. The maximum atomic E-state index is 13.4. The van der Waals surface area contributed by atoms with Crippen LogP contribution >= 0.6 is 15.9 Å². The Morgan fingerprint density at radius 2 is 1.84 bits per heavy atom. The van der Waals surface area contributed by atoms with Crippen LogP contribution in [0.4, 0.5) is 4.39 Å². The quantitative estimate of drug-likeness (QED) is 0.596. The lowest BCUT2D eigenvalue weighted by atomic mass is 10.1. The van der Waals surface area contributed by atoms with Crippen LogP contribution in [0.1, 0.15) is 42.1 Å². The predicted molar refractivity (Wildman–Crippen MR) is 119 cm³/mol. The van der Waals surface area contributed by atoms with Crippen molar-refractivity contribution < 1.29 is 23.5 Å². The number of carbonyl (C=O) groups is 2. The van der Waals surface area contributed by atoms with Gasteiger partial charge in [-0.15, -0.1) is 0 Å². The van der Waals surface area contributed by atoms with Crippen molar-refractivity contribution in [3.8, 4) is 11.5 Å². The van der Waals surface area contributed by atoms with Crippen LogP contribution in [0, 0.1) is 5.82 Å². The lowest BCUT2D eigenvalue weighted by Gasteiger charge is -2.26. The molecule has 3 rings (SSSR count). The molecule has 2 aromatic carbocycles. The van der Waals surface area contributed by atoms with Crippen LogP contribution in [0.25, 0.3) is 0 Å². The molecule has 2 amide bonds. The molecule has 2 aromatic rings. The molecule has 6 nitrogen and oxygen atoms in total. The monoisotopic (exact) mass is 492 g/mol. The van der Waals surface area contributed by atoms with Gasteiger partial charge >= 0.3 is 0 Å². The standard InChI is InChI=1S/C23H26BrFN2O4/c1-2-30-21-13-16(23(29)26-14-17-12-18(25)7-8-19(17)24)6-9-20(21)31-15-22(28)27-10-4-3-5-11-27/h6-9,12-13H,2-5,10-11,14-15H2,1H3,(H,26,29). The van der Waals surface area contributed by atoms with Gasteiger partial charge in [0.2, 0.25) is 0 Å². The number of carbonyl (C=O) groups excluding carboxylic acids is 2. The molecule has 1 saturated heterocycles. The first-order valence-electron chi connectivity index (χ1n) is 10.4. The van der Waals surface area contributed by atoms with Gasteiger partial charge in [0.05, 0.1) is 6.61 Å². The van der Waals surface area contributed by atoms with Gasteiger partial charge in [-0.1, -0.05) is 15.9 Å². The molecule has 1 heterocycles. The topological polar surface area (TPSA) is 67.9 Å². The molecule has 0 saturated carbocycles. The molecule has 166 valence electrons. The van der Waals surface area contributed by atoms with E-state index >= 15 is 0 Å². The summed E-state index contributed by atoms with van der Waals surface area (Å²) in [4.78, 5) is 26.7. The van der Waals surface area contributed by atoms with E-state index in [1.165, 1.54) is 12.1 Å². The summed E-state index contributed by atoms with van der Waals surface area (Å²) < 4.78 is 25.5. The first-order valence-corrected chi connectivity index (χ1v) is 11.2.